The topological polar surface area (TPSA) is 95.9 Å². The smallest absolute Gasteiger partial charge is 0.411 e. The molecule has 1 aliphatic heterocycles. The molecule has 35 heavy (non-hydrogen) atoms. The summed E-state index contributed by atoms with van der Waals surface area (Å²) in [7, 11) is 0. The Balaban J connectivity index is 1.33. The Bertz CT molecular complexity index is 1280. The number of ether oxygens (including phenoxy) is 1. The van der Waals surface area contributed by atoms with E-state index in [9.17, 15) is 19.5 Å². The minimum atomic E-state index is -1.03. The number of carboxylic acid groups (broad SMARTS) is 1. The molecule has 2 aliphatic rings. The number of likely N-dealkylation sites (tertiary alicyclic amines) is 1. The average Bonchev–Trinajstić information content (AvgIpc) is 3.46. The van der Waals surface area contributed by atoms with E-state index in [4.69, 9.17) is 4.74 Å². The predicted octanol–water partition coefficient (Wildman–Crippen LogP) is 5.50. The Hall–Kier alpha value is -3.65. The Morgan fingerprint density at radius 3 is 2.31 bits per heavy atom. The molecule has 0 bridgehead atoms. The van der Waals surface area contributed by atoms with Crippen LogP contribution >= 0.6 is 15.9 Å². The first kappa shape index (κ1) is 23.1. The summed E-state index contributed by atoms with van der Waals surface area (Å²) >= 11 is 3.37. The number of amides is 2. The number of nitrogens with one attached hydrogen (secondary N) is 1. The van der Waals surface area contributed by atoms with Gasteiger partial charge in [-0.05, 0) is 53.3 Å². The minimum Gasteiger partial charge on any atom is -0.480 e. The number of benzene rings is 3. The first-order valence-electron chi connectivity index (χ1n) is 11.4. The van der Waals surface area contributed by atoms with Crippen LogP contribution in [-0.4, -0.2) is 47.2 Å². The number of fused-ring (bicyclic) bond motifs is 3. The average molecular weight is 535 g/mol. The Labute approximate surface area is 210 Å². The number of anilines is 1. The SMILES string of the molecule is O=C(Nc1cc(Br)ccc1C(=O)N1CCC[C@@H]1C(=O)O)OCC1c2ccccc2-c2ccccc21. The molecule has 1 atom stereocenters. The molecule has 1 fully saturated rings. The monoisotopic (exact) mass is 534 g/mol. The molecule has 8 heteroatoms. The summed E-state index contributed by atoms with van der Waals surface area (Å²) in [6.45, 7) is 0.501. The fraction of sp³-hybridized carbons (Fsp3) is 0.222. The third-order valence-corrected chi connectivity index (χ3v) is 7.08. The van der Waals surface area contributed by atoms with E-state index in [1.807, 2.05) is 36.4 Å². The predicted molar refractivity (Wildman–Crippen MR) is 135 cm³/mol. The van der Waals surface area contributed by atoms with Gasteiger partial charge in [0, 0.05) is 16.9 Å². The largest absolute Gasteiger partial charge is 0.480 e. The van der Waals surface area contributed by atoms with E-state index in [2.05, 4.69) is 33.4 Å². The number of carboxylic acids is 1. The van der Waals surface area contributed by atoms with Crippen LogP contribution in [0.4, 0.5) is 10.5 Å². The molecule has 1 heterocycles. The highest BCUT2D eigenvalue weighted by Gasteiger charge is 2.35. The fourth-order valence-corrected chi connectivity index (χ4v) is 5.33. The van der Waals surface area contributed by atoms with Crippen LogP contribution in [0.25, 0.3) is 11.1 Å². The molecule has 5 rings (SSSR count). The molecule has 2 N–H and O–H groups in total. The zero-order chi connectivity index (χ0) is 24.5. The minimum absolute atomic E-state index is 0.0855. The van der Waals surface area contributed by atoms with Gasteiger partial charge >= 0.3 is 12.1 Å². The van der Waals surface area contributed by atoms with Crippen LogP contribution in [0.5, 0.6) is 0 Å². The van der Waals surface area contributed by atoms with Crippen molar-refractivity contribution >= 4 is 39.6 Å². The van der Waals surface area contributed by atoms with Gasteiger partial charge in [-0.3, -0.25) is 10.1 Å². The zero-order valence-electron chi connectivity index (χ0n) is 18.7. The third kappa shape index (κ3) is 4.41. The van der Waals surface area contributed by atoms with Gasteiger partial charge in [-0.2, -0.15) is 0 Å². The third-order valence-electron chi connectivity index (χ3n) is 6.59. The lowest BCUT2D eigenvalue weighted by Crippen LogP contribution is -2.40. The van der Waals surface area contributed by atoms with E-state index >= 15 is 0 Å². The fourth-order valence-electron chi connectivity index (χ4n) is 4.97. The standard InChI is InChI=1S/C27H23BrN2O5/c28-16-11-12-21(25(31)30-13-5-10-24(30)26(32)33)23(14-16)29-27(34)35-15-22-19-8-3-1-6-17(19)18-7-2-4-9-20(18)22/h1-4,6-9,11-12,14,22,24H,5,10,13,15H2,(H,29,34)(H,32,33)/t24-/m1/s1. The number of hydrogen-bond acceptors (Lipinski definition) is 4. The second-order valence-electron chi connectivity index (χ2n) is 8.64. The van der Waals surface area contributed by atoms with E-state index in [0.717, 1.165) is 22.3 Å². The van der Waals surface area contributed by atoms with Gasteiger partial charge in [-0.25, -0.2) is 9.59 Å². The summed E-state index contributed by atoms with van der Waals surface area (Å²) in [5.74, 6) is -1.55. The molecule has 0 aromatic heterocycles. The van der Waals surface area contributed by atoms with E-state index < -0.39 is 24.0 Å². The maximum atomic E-state index is 13.2. The van der Waals surface area contributed by atoms with Gasteiger partial charge in [0.2, 0.25) is 0 Å². The van der Waals surface area contributed by atoms with Crippen LogP contribution in [0, 0.1) is 0 Å². The normalized spacial score (nSPS) is 16.5. The van der Waals surface area contributed by atoms with Gasteiger partial charge < -0.3 is 14.7 Å². The van der Waals surface area contributed by atoms with Gasteiger partial charge in [-0.1, -0.05) is 64.5 Å². The molecule has 1 saturated heterocycles. The first-order valence-corrected chi connectivity index (χ1v) is 12.2. The Morgan fingerprint density at radius 2 is 1.66 bits per heavy atom. The van der Waals surface area contributed by atoms with E-state index in [0.29, 0.717) is 23.9 Å². The summed E-state index contributed by atoms with van der Waals surface area (Å²) in [5, 5.41) is 12.1. The first-order chi connectivity index (χ1) is 16.9. The second-order valence-corrected chi connectivity index (χ2v) is 9.55. The molecule has 0 spiro atoms. The maximum Gasteiger partial charge on any atom is 0.411 e. The number of carbonyl (C=O) groups excluding carboxylic acids is 2. The Kier molecular flexibility index (Phi) is 6.30. The molecular weight excluding hydrogens is 512 g/mol. The van der Waals surface area contributed by atoms with Gasteiger partial charge in [-0.15, -0.1) is 0 Å². The lowest BCUT2D eigenvalue weighted by molar-refractivity contribution is -0.141. The summed E-state index contributed by atoms with van der Waals surface area (Å²) in [6, 6.07) is 20.1. The summed E-state index contributed by atoms with van der Waals surface area (Å²) in [5.41, 5.74) is 4.96. The molecule has 3 aromatic rings. The highest BCUT2D eigenvalue weighted by Crippen LogP contribution is 2.44. The molecular formula is C27H23BrN2O5. The van der Waals surface area contributed by atoms with Crippen molar-refractivity contribution in [2.24, 2.45) is 0 Å². The van der Waals surface area contributed by atoms with Crippen LogP contribution in [0.2, 0.25) is 0 Å². The molecule has 3 aromatic carbocycles. The van der Waals surface area contributed by atoms with Crippen LogP contribution in [0.1, 0.15) is 40.2 Å². The molecule has 0 unspecified atom stereocenters. The molecule has 0 saturated carbocycles. The van der Waals surface area contributed by atoms with E-state index in [1.54, 1.807) is 18.2 Å². The van der Waals surface area contributed by atoms with Crippen molar-refractivity contribution in [2.45, 2.75) is 24.8 Å². The molecule has 2 amide bonds. The van der Waals surface area contributed by atoms with Crippen LogP contribution < -0.4 is 5.32 Å². The Morgan fingerprint density at radius 1 is 1.00 bits per heavy atom. The summed E-state index contributed by atoms with van der Waals surface area (Å²) in [6.07, 6.45) is 0.344. The van der Waals surface area contributed by atoms with Crippen LogP contribution in [-0.2, 0) is 9.53 Å². The maximum absolute atomic E-state index is 13.2. The zero-order valence-corrected chi connectivity index (χ0v) is 20.3. The molecule has 1 aliphatic carbocycles. The number of aliphatic carboxylic acids is 1. The summed E-state index contributed by atoms with van der Waals surface area (Å²) in [4.78, 5) is 38.9. The highest BCUT2D eigenvalue weighted by molar-refractivity contribution is 9.10. The molecule has 178 valence electrons. The summed E-state index contributed by atoms with van der Waals surface area (Å²) < 4.78 is 6.28. The van der Waals surface area contributed by atoms with Crippen molar-refractivity contribution in [1.29, 1.82) is 0 Å². The van der Waals surface area contributed by atoms with E-state index in [-0.39, 0.29) is 23.8 Å². The lowest BCUT2D eigenvalue weighted by atomic mass is 9.98. The van der Waals surface area contributed by atoms with Crippen molar-refractivity contribution in [3.63, 3.8) is 0 Å². The number of nitrogens with zero attached hydrogens (tertiary/aromatic N) is 1. The second kappa shape index (κ2) is 9.54. The van der Waals surface area contributed by atoms with Crippen molar-refractivity contribution < 1.29 is 24.2 Å². The van der Waals surface area contributed by atoms with Crippen molar-refractivity contribution in [3.05, 3.63) is 87.9 Å². The number of carbonyl (C=O) groups is 3. The molecule has 0 radical (unpaired) electrons. The van der Waals surface area contributed by atoms with Crippen molar-refractivity contribution in [1.82, 2.24) is 4.90 Å². The highest BCUT2D eigenvalue weighted by atomic mass is 79.9. The van der Waals surface area contributed by atoms with Gasteiger partial charge in [0.25, 0.3) is 5.91 Å². The van der Waals surface area contributed by atoms with Gasteiger partial charge in [0.15, 0.2) is 0 Å². The number of hydrogen-bond donors (Lipinski definition) is 2. The van der Waals surface area contributed by atoms with Crippen molar-refractivity contribution in [2.75, 3.05) is 18.5 Å². The van der Waals surface area contributed by atoms with Crippen LogP contribution in [0.3, 0.4) is 0 Å². The quantitative estimate of drug-likeness (QED) is 0.450. The number of rotatable bonds is 5. The lowest BCUT2D eigenvalue weighted by Gasteiger charge is -2.23. The molecule has 7 nitrogen and oxygen atoms in total. The van der Waals surface area contributed by atoms with Gasteiger partial charge in [0.1, 0.15) is 12.6 Å². The van der Waals surface area contributed by atoms with Crippen LogP contribution in [0.15, 0.2) is 71.2 Å². The van der Waals surface area contributed by atoms with Gasteiger partial charge in [0.05, 0.1) is 11.3 Å². The number of halogens is 1. The van der Waals surface area contributed by atoms with E-state index in [1.165, 1.54) is 4.90 Å². The van der Waals surface area contributed by atoms with Crippen molar-refractivity contribution in [3.8, 4) is 11.1 Å².